The van der Waals surface area contributed by atoms with Crippen molar-refractivity contribution in [1.29, 1.82) is 0 Å². The minimum Gasteiger partial charge on any atom is -0.382 e. The van der Waals surface area contributed by atoms with Crippen molar-refractivity contribution in [3.63, 3.8) is 0 Å². The van der Waals surface area contributed by atoms with Gasteiger partial charge in [0, 0.05) is 24.3 Å². The summed E-state index contributed by atoms with van der Waals surface area (Å²) in [5, 5.41) is 6.32. The Morgan fingerprint density at radius 1 is 1.00 bits per heavy atom. The van der Waals surface area contributed by atoms with Crippen LogP contribution < -0.4 is 10.6 Å². The molecule has 0 aliphatic carbocycles. The molecule has 0 bridgehead atoms. The number of nitrogens with one attached hydrogen (secondary N) is 2. The predicted octanol–water partition coefficient (Wildman–Crippen LogP) is 4.08. The number of amides is 1. The van der Waals surface area contributed by atoms with Crippen LogP contribution in [0.5, 0.6) is 0 Å². The lowest BCUT2D eigenvalue weighted by Gasteiger charge is -2.18. The zero-order valence-corrected chi connectivity index (χ0v) is 12.6. The molecule has 2 aromatic rings. The number of carbonyl (C=O) groups is 1. The van der Waals surface area contributed by atoms with Crippen molar-refractivity contribution >= 4 is 17.3 Å². The molecule has 0 aromatic heterocycles. The standard InChI is InChI=1S/C18H22N2O/c1-3-16(13-15-7-5-4-6-8-15)20-18-11-9-17(10-12-18)19-14(2)21/h4-12,16,20H,3,13H2,1-2H3,(H,19,21). The van der Waals surface area contributed by atoms with Gasteiger partial charge in [0.05, 0.1) is 0 Å². The van der Waals surface area contributed by atoms with Gasteiger partial charge in [-0.15, -0.1) is 0 Å². The molecule has 2 N–H and O–H groups in total. The molecule has 0 fully saturated rings. The van der Waals surface area contributed by atoms with Crippen LogP contribution in [0.3, 0.4) is 0 Å². The van der Waals surface area contributed by atoms with E-state index in [1.807, 2.05) is 30.3 Å². The molecule has 3 nitrogen and oxygen atoms in total. The second-order valence-electron chi connectivity index (χ2n) is 5.20. The predicted molar refractivity (Wildman–Crippen MR) is 88.6 cm³/mol. The van der Waals surface area contributed by atoms with E-state index < -0.39 is 0 Å². The molecule has 2 aromatic carbocycles. The summed E-state index contributed by atoms with van der Waals surface area (Å²) in [6.07, 6.45) is 2.06. The van der Waals surface area contributed by atoms with Crippen LogP contribution in [-0.2, 0) is 11.2 Å². The smallest absolute Gasteiger partial charge is 0.221 e. The fraction of sp³-hybridized carbons (Fsp3) is 0.278. The van der Waals surface area contributed by atoms with Gasteiger partial charge in [-0.1, -0.05) is 37.3 Å². The molecule has 21 heavy (non-hydrogen) atoms. The number of rotatable bonds is 6. The van der Waals surface area contributed by atoms with Gasteiger partial charge in [0.1, 0.15) is 0 Å². The first kappa shape index (κ1) is 15.1. The molecule has 0 spiro atoms. The minimum absolute atomic E-state index is 0.0498. The molecule has 110 valence electrons. The second-order valence-corrected chi connectivity index (χ2v) is 5.20. The lowest BCUT2D eigenvalue weighted by molar-refractivity contribution is -0.114. The topological polar surface area (TPSA) is 41.1 Å². The summed E-state index contributed by atoms with van der Waals surface area (Å²) in [6.45, 7) is 3.70. The van der Waals surface area contributed by atoms with Crippen LogP contribution in [-0.4, -0.2) is 11.9 Å². The quantitative estimate of drug-likeness (QED) is 0.838. The third-order valence-corrected chi connectivity index (χ3v) is 3.39. The molecule has 1 atom stereocenters. The Labute approximate surface area is 126 Å². The molecule has 0 aliphatic heterocycles. The summed E-state index contributed by atoms with van der Waals surface area (Å²) in [5.74, 6) is -0.0498. The molecule has 0 aliphatic rings. The Kier molecular flexibility index (Phi) is 5.38. The van der Waals surface area contributed by atoms with E-state index in [1.165, 1.54) is 12.5 Å². The highest BCUT2D eigenvalue weighted by Gasteiger charge is 2.07. The zero-order chi connectivity index (χ0) is 15.1. The molecular weight excluding hydrogens is 260 g/mol. The summed E-state index contributed by atoms with van der Waals surface area (Å²) in [6, 6.07) is 18.7. The van der Waals surface area contributed by atoms with E-state index in [4.69, 9.17) is 0 Å². The molecule has 0 saturated heterocycles. The average molecular weight is 282 g/mol. The maximum atomic E-state index is 11.0. The molecule has 0 radical (unpaired) electrons. The van der Waals surface area contributed by atoms with Gasteiger partial charge in [-0.05, 0) is 42.7 Å². The summed E-state index contributed by atoms with van der Waals surface area (Å²) < 4.78 is 0. The van der Waals surface area contributed by atoms with E-state index >= 15 is 0 Å². The monoisotopic (exact) mass is 282 g/mol. The molecular formula is C18H22N2O. The number of anilines is 2. The fourth-order valence-corrected chi connectivity index (χ4v) is 2.28. The zero-order valence-electron chi connectivity index (χ0n) is 12.6. The van der Waals surface area contributed by atoms with Gasteiger partial charge in [0.2, 0.25) is 5.91 Å². The SMILES string of the molecule is CCC(Cc1ccccc1)Nc1ccc(NC(C)=O)cc1. The van der Waals surface area contributed by atoms with E-state index in [0.717, 1.165) is 24.2 Å². The summed E-state index contributed by atoms with van der Waals surface area (Å²) in [5.41, 5.74) is 3.24. The number of carbonyl (C=O) groups excluding carboxylic acids is 1. The van der Waals surface area contributed by atoms with Crippen LogP contribution >= 0.6 is 0 Å². The number of benzene rings is 2. The van der Waals surface area contributed by atoms with Crippen LogP contribution in [0.25, 0.3) is 0 Å². The van der Waals surface area contributed by atoms with Crippen molar-refractivity contribution in [2.24, 2.45) is 0 Å². The van der Waals surface area contributed by atoms with Gasteiger partial charge in [-0.25, -0.2) is 0 Å². The first-order valence-corrected chi connectivity index (χ1v) is 7.35. The third kappa shape index (κ3) is 4.95. The van der Waals surface area contributed by atoms with Crippen molar-refractivity contribution in [3.8, 4) is 0 Å². The first-order chi connectivity index (χ1) is 10.2. The summed E-state index contributed by atoms with van der Waals surface area (Å²) >= 11 is 0. The second kappa shape index (κ2) is 7.48. The van der Waals surface area contributed by atoms with Crippen LogP contribution in [0.15, 0.2) is 54.6 Å². The molecule has 1 unspecified atom stereocenters. The van der Waals surface area contributed by atoms with Gasteiger partial charge in [0.25, 0.3) is 0 Å². The van der Waals surface area contributed by atoms with E-state index in [9.17, 15) is 4.79 Å². The van der Waals surface area contributed by atoms with Gasteiger partial charge in [-0.2, -0.15) is 0 Å². The average Bonchev–Trinajstić information content (AvgIpc) is 2.49. The van der Waals surface area contributed by atoms with E-state index in [2.05, 4.69) is 41.8 Å². The maximum absolute atomic E-state index is 11.0. The molecule has 1 amide bonds. The van der Waals surface area contributed by atoms with Crippen LogP contribution in [0.2, 0.25) is 0 Å². The Morgan fingerprint density at radius 2 is 1.62 bits per heavy atom. The van der Waals surface area contributed by atoms with Gasteiger partial charge in [-0.3, -0.25) is 4.79 Å². The Balaban J connectivity index is 1.96. The highest BCUT2D eigenvalue weighted by Crippen LogP contribution is 2.17. The molecule has 2 rings (SSSR count). The van der Waals surface area contributed by atoms with E-state index in [1.54, 1.807) is 0 Å². The Hall–Kier alpha value is -2.29. The highest BCUT2D eigenvalue weighted by atomic mass is 16.1. The Bertz CT molecular complexity index is 564. The maximum Gasteiger partial charge on any atom is 0.221 e. The fourth-order valence-electron chi connectivity index (χ4n) is 2.28. The van der Waals surface area contributed by atoms with Crippen LogP contribution in [0.1, 0.15) is 25.8 Å². The van der Waals surface area contributed by atoms with Gasteiger partial charge >= 0.3 is 0 Å². The lowest BCUT2D eigenvalue weighted by Crippen LogP contribution is -2.21. The van der Waals surface area contributed by atoms with Crippen molar-refractivity contribution in [3.05, 3.63) is 60.2 Å². The van der Waals surface area contributed by atoms with Gasteiger partial charge < -0.3 is 10.6 Å². The summed E-state index contributed by atoms with van der Waals surface area (Å²) in [4.78, 5) is 11.0. The number of hydrogen-bond acceptors (Lipinski definition) is 2. The normalized spacial score (nSPS) is 11.7. The van der Waals surface area contributed by atoms with Crippen molar-refractivity contribution < 1.29 is 4.79 Å². The van der Waals surface area contributed by atoms with Crippen LogP contribution in [0, 0.1) is 0 Å². The largest absolute Gasteiger partial charge is 0.382 e. The van der Waals surface area contributed by atoms with Crippen molar-refractivity contribution in [1.82, 2.24) is 0 Å². The number of hydrogen-bond donors (Lipinski definition) is 2. The Morgan fingerprint density at radius 3 is 2.19 bits per heavy atom. The van der Waals surface area contributed by atoms with Crippen molar-refractivity contribution in [2.45, 2.75) is 32.7 Å². The lowest BCUT2D eigenvalue weighted by atomic mass is 10.0. The third-order valence-electron chi connectivity index (χ3n) is 3.39. The van der Waals surface area contributed by atoms with Crippen molar-refractivity contribution in [2.75, 3.05) is 10.6 Å². The molecule has 3 heteroatoms. The highest BCUT2D eigenvalue weighted by molar-refractivity contribution is 5.88. The first-order valence-electron chi connectivity index (χ1n) is 7.35. The van der Waals surface area contributed by atoms with E-state index in [0.29, 0.717) is 6.04 Å². The van der Waals surface area contributed by atoms with Gasteiger partial charge in [0.15, 0.2) is 0 Å². The summed E-state index contributed by atoms with van der Waals surface area (Å²) in [7, 11) is 0. The van der Waals surface area contributed by atoms with Crippen LogP contribution in [0.4, 0.5) is 11.4 Å². The van der Waals surface area contributed by atoms with E-state index in [-0.39, 0.29) is 5.91 Å². The molecule has 0 saturated carbocycles. The minimum atomic E-state index is -0.0498. The molecule has 0 heterocycles.